The normalized spacial score (nSPS) is 11.6. The lowest BCUT2D eigenvalue weighted by Gasteiger charge is -2.06. The van der Waals surface area contributed by atoms with Gasteiger partial charge in [-0.3, -0.25) is 0 Å². The highest BCUT2D eigenvalue weighted by molar-refractivity contribution is 5.87. The predicted molar refractivity (Wildman–Crippen MR) is 134 cm³/mol. The molecule has 0 heterocycles. The first-order chi connectivity index (χ1) is 15.2. The molecule has 0 bridgehead atoms. The van der Waals surface area contributed by atoms with Gasteiger partial charge in [0.25, 0.3) is 0 Å². The molecule has 1 rings (SSSR count). The number of carbonyl (C=O) groups is 1. The molecular weight excluding hydrogens is 380 g/mol. The maximum absolute atomic E-state index is 12.0. The van der Waals surface area contributed by atoms with Gasteiger partial charge in [0.2, 0.25) is 0 Å². The maximum atomic E-state index is 12.0. The average molecular weight is 429 g/mol. The van der Waals surface area contributed by atoms with Crippen molar-refractivity contribution in [1.29, 1.82) is 0 Å². The van der Waals surface area contributed by atoms with E-state index in [1.807, 2.05) is 31.2 Å². The van der Waals surface area contributed by atoms with Crippen LogP contribution in [0.15, 0.2) is 42.0 Å². The van der Waals surface area contributed by atoms with Crippen molar-refractivity contribution in [3.8, 4) is 0 Å². The molecule has 0 fully saturated rings. The first kappa shape index (κ1) is 27.5. The molecule has 1 aromatic carbocycles. The zero-order chi connectivity index (χ0) is 22.4. The number of carbonyl (C=O) groups excluding carboxylic acids is 1. The fourth-order valence-corrected chi connectivity index (χ4v) is 3.90. The van der Waals surface area contributed by atoms with E-state index >= 15 is 0 Å². The fourth-order valence-electron chi connectivity index (χ4n) is 3.90. The summed E-state index contributed by atoms with van der Waals surface area (Å²) in [6.07, 6.45) is 24.4. The number of rotatable bonds is 20. The predicted octanol–water partition coefficient (Wildman–Crippen LogP) is 8.98. The third kappa shape index (κ3) is 16.8. The second kappa shape index (κ2) is 20.3. The summed E-state index contributed by atoms with van der Waals surface area (Å²) < 4.78 is 5.40. The summed E-state index contributed by atoms with van der Waals surface area (Å²) in [5.41, 5.74) is 1.92. The van der Waals surface area contributed by atoms with Crippen LogP contribution in [0.5, 0.6) is 0 Å². The Balaban J connectivity index is 1.84. The molecule has 0 aliphatic heterocycles. The van der Waals surface area contributed by atoms with Gasteiger partial charge in [0.05, 0.1) is 6.61 Å². The first-order valence-electron chi connectivity index (χ1n) is 13.1. The molecule has 0 aromatic heterocycles. The van der Waals surface area contributed by atoms with E-state index in [0.29, 0.717) is 12.2 Å². The highest BCUT2D eigenvalue weighted by atomic mass is 16.5. The number of allylic oxidation sites excluding steroid dienone is 1. The van der Waals surface area contributed by atoms with E-state index in [4.69, 9.17) is 4.74 Å². The summed E-state index contributed by atoms with van der Waals surface area (Å²) in [5.74, 6) is -0.170. The minimum absolute atomic E-state index is 0.170. The summed E-state index contributed by atoms with van der Waals surface area (Å²) in [6, 6.07) is 10.2. The molecule has 0 aliphatic rings. The molecule has 2 nitrogen and oxygen atoms in total. The SMILES string of the molecule is CCCCCCCCCCCCCCCCCCOC(=O)C(C)=CCc1ccccc1. The van der Waals surface area contributed by atoms with Crippen molar-refractivity contribution >= 4 is 5.97 Å². The quantitative estimate of drug-likeness (QED) is 0.118. The molecule has 0 spiro atoms. The zero-order valence-corrected chi connectivity index (χ0v) is 20.5. The summed E-state index contributed by atoms with van der Waals surface area (Å²) in [4.78, 5) is 12.0. The van der Waals surface area contributed by atoms with Crippen LogP contribution in [0, 0.1) is 0 Å². The summed E-state index contributed by atoms with van der Waals surface area (Å²) in [6.45, 7) is 4.68. The molecule has 0 saturated heterocycles. The summed E-state index contributed by atoms with van der Waals surface area (Å²) >= 11 is 0. The van der Waals surface area contributed by atoms with Gasteiger partial charge in [-0.25, -0.2) is 4.79 Å². The Morgan fingerprint density at radius 2 is 1.16 bits per heavy atom. The Morgan fingerprint density at radius 3 is 1.65 bits per heavy atom. The zero-order valence-electron chi connectivity index (χ0n) is 20.5. The first-order valence-corrected chi connectivity index (χ1v) is 13.1. The Hall–Kier alpha value is -1.57. The molecular formula is C29H48O2. The average Bonchev–Trinajstić information content (AvgIpc) is 2.80. The Kier molecular flexibility index (Phi) is 18.0. The standard InChI is InChI=1S/C29H48O2/c1-3-4-5-6-7-8-9-10-11-12-13-14-15-16-17-21-26-31-29(30)27(2)24-25-28-22-19-18-20-23-28/h18-20,22-24H,3-17,21,25-26H2,1-2H3. The number of ether oxygens (including phenoxy) is 1. The van der Waals surface area contributed by atoms with E-state index in [1.165, 1.54) is 95.5 Å². The van der Waals surface area contributed by atoms with Crippen molar-refractivity contribution in [1.82, 2.24) is 0 Å². The monoisotopic (exact) mass is 428 g/mol. The van der Waals surface area contributed by atoms with Crippen molar-refractivity contribution < 1.29 is 9.53 Å². The van der Waals surface area contributed by atoms with Crippen LogP contribution in [0.25, 0.3) is 0 Å². The number of hydrogen-bond acceptors (Lipinski definition) is 2. The van der Waals surface area contributed by atoms with Crippen LogP contribution >= 0.6 is 0 Å². The maximum Gasteiger partial charge on any atom is 0.333 e. The summed E-state index contributed by atoms with van der Waals surface area (Å²) in [7, 11) is 0. The van der Waals surface area contributed by atoms with Crippen molar-refractivity contribution in [2.75, 3.05) is 6.61 Å². The molecule has 0 aliphatic carbocycles. The molecule has 0 N–H and O–H groups in total. The highest BCUT2D eigenvalue weighted by Gasteiger charge is 2.05. The van der Waals surface area contributed by atoms with Gasteiger partial charge < -0.3 is 4.74 Å². The molecule has 0 radical (unpaired) electrons. The molecule has 31 heavy (non-hydrogen) atoms. The molecule has 1 aromatic rings. The van der Waals surface area contributed by atoms with Crippen LogP contribution in [0.4, 0.5) is 0 Å². The number of esters is 1. The minimum atomic E-state index is -0.170. The summed E-state index contributed by atoms with van der Waals surface area (Å²) in [5, 5.41) is 0. The molecule has 2 heteroatoms. The van der Waals surface area contributed by atoms with Crippen molar-refractivity contribution in [2.24, 2.45) is 0 Å². The van der Waals surface area contributed by atoms with Crippen LogP contribution in [0.3, 0.4) is 0 Å². The molecule has 0 amide bonds. The van der Waals surface area contributed by atoms with Gasteiger partial charge in [0.1, 0.15) is 0 Å². The molecule has 0 atom stereocenters. The third-order valence-electron chi connectivity index (χ3n) is 6.04. The highest BCUT2D eigenvalue weighted by Crippen LogP contribution is 2.14. The second-order valence-electron chi connectivity index (χ2n) is 9.02. The largest absolute Gasteiger partial charge is 0.462 e. The smallest absolute Gasteiger partial charge is 0.333 e. The lowest BCUT2D eigenvalue weighted by molar-refractivity contribution is -0.139. The van der Waals surface area contributed by atoms with Gasteiger partial charge >= 0.3 is 5.97 Å². The Labute approximate surface area is 192 Å². The van der Waals surface area contributed by atoms with E-state index in [-0.39, 0.29) is 5.97 Å². The van der Waals surface area contributed by atoms with Crippen LogP contribution in [0.2, 0.25) is 0 Å². The van der Waals surface area contributed by atoms with E-state index in [0.717, 1.165) is 19.3 Å². The van der Waals surface area contributed by atoms with Crippen LogP contribution in [-0.4, -0.2) is 12.6 Å². The van der Waals surface area contributed by atoms with Gasteiger partial charge in [0.15, 0.2) is 0 Å². The van der Waals surface area contributed by atoms with Crippen molar-refractivity contribution in [3.05, 3.63) is 47.5 Å². The van der Waals surface area contributed by atoms with Crippen LogP contribution in [-0.2, 0) is 16.0 Å². The number of unbranched alkanes of at least 4 members (excludes halogenated alkanes) is 15. The minimum Gasteiger partial charge on any atom is -0.462 e. The van der Waals surface area contributed by atoms with Gasteiger partial charge in [-0.2, -0.15) is 0 Å². The fraction of sp³-hybridized carbons (Fsp3) is 0.690. The number of hydrogen-bond donors (Lipinski definition) is 0. The Morgan fingerprint density at radius 1 is 0.710 bits per heavy atom. The van der Waals surface area contributed by atoms with Gasteiger partial charge in [-0.15, -0.1) is 0 Å². The van der Waals surface area contributed by atoms with E-state index in [2.05, 4.69) is 19.1 Å². The molecule has 176 valence electrons. The lowest BCUT2D eigenvalue weighted by atomic mass is 10.0. The lowest BCUT2D eigenvalue weighted by Crippen LogP contribution is -2.07. The number of benzene rings is 1. The van der Waals surface area contributed by atoms with Crippen LogP contribution in [0.1, 0.15) is 122 Å². The van der Waals surface area contributed by atoms with Gasteiger partial charge in [-0.1, -0.05) is 140 Å². The molecule has 0 saturated carbocycles. The Bertz CT molecular complexity index is 561. The van der Waals surface area contributed by atoms with Crippen molar-refractivity contribution in [3.63, 3.8) is 0 Å². The van der Waals surface area contributed by atoms with E-state index in [9.17, 15) is 4.79 Å². The van der Waals surface area contributed by atoms with Crippen LogP contribution < -0.4 is 0 Å². The van der Waals surface area contributed by atoms with E-state index < -0.39 is 0 Å². The molecule has 0 unspecified atom stereocenters. The topological polar surface area (TPSA) is 26.3 Å². The van der Waals surface area contributed by atoms with E-state index in [1.54, 1.807) is 0 Å². The van der Waals surface area contributed by atoms with Crippen molar-refractivity contribution in [2.45, 2.75) is 123 Å². The van der Waals surface area contributed by atoms with Gasteiger partial charge in [0, 0.05) is 5.57 Å². The third-order valence-corrected chi connectivity index (χ3v) is 6.04. The second-order valence-corrected chi connectivity index (χ2v) is 9.02. The van der Waals surface area contributed by atoms with Gasteiger partial charge in [-0.05, 0) is 25.3 Å².